The molecule has 5 heteroatoms. The maximum absolute atomic E-state index is 11.7. The van der Waals surface area contributed by atoms with E-state index in [0.29, 0.717) is 11.3 Å². The van der Waals surface area contributed by atoms with Gasteiger partial charge in [0.15, 0.2) is 5.75 Å². The van der Waals surface area contributed by atoms with Gasteiger partial charge in [-0.15, -0.1) is 11.3 Å². The van der Waals surface area contributed by atoms with Crippen molar-refractivity contribution < 1.29 is 4.74 Å². The minimum absolute atomic E-state index is 0.295. The van der Waals surface area contributed by atoms with Crippen LogP contribution in [-0.2, 0) is 0 Å². The average molecular weight is 258 g/mol. The predicted molar refractivity (Wildman–Crippen MR) is 72.2 cm³/mol. The number of fused-ring (bicyclic) bond motifs is 1. The number of nitrogens with zero attached hydrogens (tertiary/aromatic N) is 1. The molecule has 0 unspecified atom stereocenters. The topological polar surface area (TPSA) is 55.0 Å². The molecule has 3 rings (SSSR count). The summed E-state index contributed by atoms with van der Waals surface area (Å²) in [6.45, 7) is 0. The summed E-state index contributed by atoms with van der Waals surface area (Å²) in [7, 11) is 1.49. The smallest absolute Gasteiger partial charge is 0.307 e. The van der Waals surface area contributed by atoms with Crippen LogP contribution in [0.25, 0.3) is 21.2 Å². The monoisotopic (exact) mass is 258 g/mol. The lowest BCUT2D eigenvalue weighted by molar-refractivity contribution is 0.408. The van der Waals surface area contributed by atoms with Gasteiger partial charge in [0.25, 0.3) is 0 Å². The zero-order valence-corrected chi connectivity index (χ0v) is 10.5. The van der Waals surface area contributed by atoms with E-state index < -0.39 is 0 Å². The van der Waals surface area contributed by atoms with E-state index >= 15 is 0 Å². The minimum atomic E-state index is -0.317. The second-order valence-corrected chi connectivity index (χ2v) is 4.73. The Morgan fingerprint density at radius 1 is 1.28 bits per heavy atom. The highest BCUT2D eigenvalue weighted by atomic mass is 32.1. The third-order valence-electron chi connectivity index (χ3n) is 2.80. The summed E-state index contributed by atoms with van der Waals surface area (Å²) in [6, 6.07) is 8.02. The molecule has 90 valence electrons. The van der Waals surface area contributed by atoms with E-state index in [1.54, 1.807) is 17.5 Å². The van der Waals surface area contributed by atoms with Crippen molar-refractivity contribution in [3.8, 4) is 16.9 Å². The van der Waals surface area contributed by atoms with Gasteiger partial charge in [0.05, 0.1) is 18.9 Å². The van der Waals surface area contributed by atoms with Gasteiger partial charge in [-0.25, -0.2) is 5.10 Å². The second-order valence-electron chi connectivity index (χ2n) is 3.78. The number of nitrogens with one attached hydrogen (secondary N) is 1. The molecule has 2 aromatic heterocycles. The second kappa shape index (κ2) is 4.27. The van der Waals surface area contributed by atoms with Crippen LogP contribution in [0.1, 0.15) is 0 Å². The van der Waals surface area contributed by atoms with Crippen molar-refractivity contribution in [1.82, 2.24) is 10.2 Å². The van der Waals surface area contributed by atoms with Crippen LogP contribution in [0.5, 0.6) is 5.75 Å². The van der Waals surface area contributed by atoms with E-state index in [9.17, 15) is 4.79 Å². The van der Waals surface area contributed by atoms with Crippen LogP contribution < -0.4 is 10.3 Å². The molecular formula is C13H10N2O2S. The Bertz CT molecular complexity index is 761. The van der Waals surface area contributed by atoms with Gasteiger partial charge in [0.2, 0.25) is 0 Å². The van der Waals surface area contributed by atoms with Crippen molar-refractivity contribution in [3.05, 3.63) is 46.2 Å². The van der Waals surface area contributed by atoms with E-state index in [1.165, 1.54) is 11.8 Å². The first-order valence-corrected chi connectivity index (χ1v) is 6.27. The molecule has 0 spiro atoms. The fourth-order valence-electron chi connectivity index (χ4n) is 2.01. The first-order valence-electron chi connectivity index (χ1n) is 5.39. The summed E-state index contributed by atoms with van der Waals surface area (Å²) in [4.78, 5) is 11.7. The number of thiophene rings is 1. The summed E-state index contributed by atoms with van der Waals surface area (Å²) in [5.41, 5.74) is 1.36. The molecule has 2 heterocycles. The molecule has 4 nitrogen and oxygen atoms in total. The Balaban J connectivity index is 2.36. The van der Waals surface area contributed by atoms with Crippen LogP contribution in [0, 0.1) is 0 Å². The summed E-state index contributed by atoms with van der Waals surface area (Å²) in [6.07, 6.45) is 1.62. The summed E-state index contributed by atoms with van der Waals surface area (Å²) < 4.78 is 6.35. The van der Waals surface area contributed by atoms with Gasteiger partial charge >= 0.3 is 5.56 Å². The number of aromatic amines is 1. The van der Waals surface area contributed by atoms with Crippen molar-refractivity contribution in [2.75, 3.05) is 7.11 Å². The summed E-state index contributed by atoms with van der Waals surface area (Å²) in [5, 5.41) is 9.36. The molecule has 3 aromatic rings. The zero-order chi connectivity index (χ0) is 12.5. The Hall–Kier alpha value is -2.14. The number of hydrogen-bond acceptors (Lipinski definition) is 4. The number of hydrogen-bond donors (Lipinski definition) is 1. The molecule has 1 N–H and O–H groups in total. The van der Waals surface area contributed by atoms with Gasteiger partial charge < -0.3 is 4.74 Å². The first kappa shape index (κ1) is 11.0. The Morgan fingerprint density at radius 2 is 2.17 bits per heavy atom. The molecule has 0 radical (unpaired) electrons. The molecule has 0 fully saturated rings. The molecule has 0 atom stereocenters. The number of ether oxygens (including phenoxy) is 1. The lowest BCUT2D eigenvalue weighted by Gasteiger charge is -2.07. The lowest BCUT2D eigenvalue weighted by Crippen LogP contribution is -2.11. The van der Waals surface area contributed by atoms with E-state index in [2.05, 4.69) is 16.3 Å². The largest absolute Gasteiger partial charge is 0.491 e. The zero-order valence-electron chi connectivity index (χ0n) is 9.64. The van der Waals surface area contributed by atoms with Gasteiger partial charge in [-0.3, -0.25) is 4.79 Å². The normalized spacial score (nSPS) is 10.7. The van der Waals surface area contributed by atoms with Gasteiger partial charge in [0, 0.05) is 10.1 Å². The van der Waals surface area contributed by atoms with Crippen LogP contribution in [0.3, 0.4) is 0 Å². The number of benzene rings is 1. The van der Waals surface area contributed by atoms with Gasteiger partial charge in [0.1, 0.15) is 0 Å². The maximum Gasteiger partial charge on any atom is 0.307 e. The van der Waals surface area contributed by atoms with Crippen LogP contribution in [0.4, 0.5) is 0 Å². The summed E-state index contributed by atoms with van der Waals surface area (Å²) >= 11 is 1.67. The molecule has 0 aliphatic carbocycles. The fourth-order valence-corrected chi connectivity index (χ4v) is 2.82. The van der Waals surface area contributed by atoms with E-state index in [0.717, 1.165) is 10.9 Å². The number of methoxy groups -OCH3 is 1. The highest BCUT2D eigenvalue weighted by Gasteiger charge is 2.13. The fraction of sp³-hybridized carbons (Fsp3) is 0.0769. The highest BCUT2D eigenvalue weighted by Crippen LogP contribution is 2.34. The first-order chi connectivity index (χ1) is 8.81. The lowest BCUT2D eigenvalue weighted by atomic mass is 10.0. The highest BCUT2D eigenvalue weighted by molar-refractivity contribution is 7.17. The molecule has 0 bridgehead atoms. The minimum Gasteiger partial charge on any atom is -0.491 e. The Kier molecular flexibility index (Phi) is 2.60. The van der Waals surface area contributed by atoms with Crippen molar-refractivity contribution in [2.24, 2.45) is 0 Å². The van der Waals surface area contributed by atoms with E-state index in [1.807, 2.05) is 23.6 Å². The maximum atomic E-state index is 11.7. The van der Waals surface area contributed by atoms with Crippen molar-refractivity contribution >= 4 is 21.4 Å². The standard InChI is InChI=1S/C13H10N2O2S/c1-17-12-10(7-14-15-13(12)16)8-3-2-4-11-9(8)5-6-18-11/h2-7H,1H3,(H,15,16). The van der Waals surface area contributed by atoms with Crippen LogP contribution >= 0.6 is 11.3 Å². The van der Waals surface area contributed by atoms with Crippen molar-refractivity contribution in [1.29, 1.82) is 0 Å². The van der Waals surface area contributed by atoms with Crippen molar-refractivity contribution in [2.45, 2.75) is 0 Å². The Labute approximate surface area is 107 Å². The van der Waals surface area contributed by atoms with E-state index in [4.69, 9.17) is 4.74 Å². The number of aromatic nitrogens is 2. The van der Waals surface area contributed by atoms with Crippen LogP contribution in [0.15, 0.2) is 40.6 Å². The molecular weight excluding hydrogens is 248 g/mol. The quantitative estimate of drug-likeness (QED) is 0.768. The summed E-state index contributed by atoms with van der Waals surface area (Å²) in [5.74, 6) is 0.295. The Morgan fingerprint density at radius 3 is 3.00 bits per heavy atom. The van der Waals surface area contributed by atoms with E-state index in [-0.39, 0.29) is 5.56 Å². The molecule has 0 aliphatic rings. The predicted octanol–water partition coefficient (Wildman–Crippen LogP) is 2.66. The molecule has 18 heavy (non-hydrogen) atoms. The van der Waals surface area contributed by atoms with Crippen molar-refractivity contribution in [3.63, 3.8) is 0 Å². The van der Waals surface area contributed by atoms with Gasteiger partial charge in [-0.05, 0) is 23.1 Å². The molecule has 0 saturated heterocycles. The van der Waals surface area contributed by atoms with Gasteiger partial charge in [-0.2, -0.15) is 5.10 Å². The third kappa shape index (κ3) is 1.60. The molecule has 0 saturated carbocycles. The third-order valence-corrected chi connectivity index (χ3v) is 3.68. The van der Waals surface area contributed by atoms with Crippen LogP contribution in [0.2, 0.25) is 0 Å². The average Bonchev–Trinajstić information content (AvgIpc) is 2.86. The van der Waals surface area contributed by atoms with Gasteiger partial charge in [-0.1, -0.05) is 12.1 Å². The molecule has 1 aromatic carbocycles. The SMILES string of the molecule is COc1c(-c2cccc3sccc23)cn[nH]c1=O. The molecule has 0 amide bonds. The molecule has 0 aliphatic heterocycles. The van der Waals surface area contributed by atoms with Crippen LogP contribution in [-0.4, -0.2) is 17.3 Å². The number of H-pyrrole nitrogens is 1. The number of rotatable bonds is 2.